The number of hydrogen-bond acceptors (Lipinski definition) is 5. The van der Waals surface area contributed by atoms with Crippen LogP contribution in [-0.2, 0) is 16.7 Å². The Labute approximate surface area is 239 Å². The summed E-state index contributed by atoms with van der Waals surface area (Å²) >= 11 is 0. The highest BCUT2D eigenvalue weighted by Crippen LogP contribution is 2.20. The minimum Gasteiger partial charge on any atom is -0.488 e. The van der Waals surface area contributed by atoms with E-state index in [0.717, 1.165) is 48.1 Å². The van der Waals surface area contributed by atoms with Crippen molar-refractivity contribution in [3.63, 3.8) is 0 Å². The standard InChI is InChI=1S/C25H38NO.C6H5NO5S/c1-3-5-13-19-26(20-14-6-4-2,23-24-15-9-7-10-16-24)21-22-27-25-17-11-8-12-18-25;8-7(9)5-2-1-3-6(4-5)13(10,11)12/h7-12,15-18H,3-6,13-14,19-23H2,1-2H3;1-4H,(H,10,11,12)/q+1;. The predicted octanol–water partition coefficient (Wildman–Crippen LogP) is 7.30. The van der Waals surface area contributed by atoms with Gasteiger partial charge in [0.1, 0.15) is 30.3 Å². The summed E-state index contributed by atoms with van der Waals surface area (Å²) in [6.07, 6.45) is 7.81. The molecule has 9 heteroatoms. The average Bonchev–Trinajstić information content (AvgIpc) is 2.94. The molecule has 8 nitrogen and oxygen atoms in total. The van der Waals surface area contributed by atoms with Gasteiger partial charge in [-0.25, -0.2) is 0 Å². The minimum atomic E-state index is -4.36. The molecular formula is C31H43N2O6S+. The van der Waals surface area contributed by atoms with Crippen molar-refractivity contribution < 1.29 is 27.1 Å². The van der Waals surface area contributed by atoms with Crippen LogP contribution in [0.5, 0.6) is 5.75 Å². The highest BCUT2D eigenvalue weighted by molar-refractivity contribution is 7.85. The third-order valence-electron chi connectivity index (χ3n) is 6.74. The molecule has 0 saturated carbocycles. The summed E-state index contributed by atoms with van der Waals surface area (Å²) < 4.78 is 36.9. The zero-order chi connectivity index (χ0) is 29.3. The molecule has 0 unspecified atom stereocenters. The normalized spacial score (nSPS) is 11.4. The minimum absolute atomic E-state index is 0.380. The summed E-state index contributed by atoms with van der Waals surface area (Å²) in [6, 6.07) is 25.4. The van der Waals surface area contributed by atoms with Crippen molar-refractivity contribution in [3.05, 3.63) is 101 Å². The van der Waals surface area contributed by atoms with E-state index in [4.69, 9.17) is 9.29 Å². The van der Waals surface area contributed by atoms with Crippen molar-refractivity contribution in [2.24, 2.45) is 0 Å². The van der Waals surface area contributed by atoms with Crippen LogP contribution < -0.4 is 4.74 Å². The second-order valence-corrected chi connectivity index (χ2v) is 11.4. The Morgan fingerprint density at radius 2 is 1.38 bits per heavy atom. The Balaban J connectivity index is 0.000000360. The molecule has 0 aliphatic rings. The van der Waals surface area contributed by atoms with Crippen molar-refractivity contribution in [2.45, 2.75) is 63.8 Å². The third-order valence-corrected chi connectivity index (χ3v) is 7.59. The molecule has 0 bridgehead atoms. The number of nitrogens with zero attached hydrogens (tertiary/aromatic N) is 2. The molecule has 3 rings (SSSR count). The molecule has 0 atom stereocenters. The van der Waals surface area contributed by atoms with E-state index >= 15 is 0 Å². The summed E-state index contributed by atoms with van der Waals surface area (Å²) in [7, 11) is -4.36. The van der Waals surface area contributed by atoms with Gasteiger partial charge < -0.3 is 9.22 Å². The quantitative estimate of drug-likeness (QED) is 0.0635. The number of hydrogen-bond donors (Lipinski definition) is 1. The second kappa shape index (κ2) is 17.4. The molecule has 0 amide bonds. The van der Waals surface area contributed by atoms with Gasteiger partial charge in [0.05, 0.1) is 18.0 Å². The summed E-state index contributed by atoms with van der Waals surface area (Å²) in [5, 5.41) is 10.2. The van der Waals surface area contributed by atoms with E-state index in [1.54, 1.807) is 0 Å². The average molecular weight is 572 g/mol. The maximum Gasteiger partial charge on any atom is 0.294 e. The summed E-state index contributed by atoms with van der Waals surface area (Å²) in [4.78, 5) is 8.98. The topological polar surface area (TPSA) is 107 Å². The smallest absolute Gasteiger partial charge is 0.294 e. The molecule has 0 heterocycles. The van der Waals surface area contributed by atoms with Gasteiger partial charge in [-0.1, -0.05) is 81.3 Å². The van der Waals surface area contributed by atoms with E-state index < -0.39 is 19.9 Å². The molecule has 0 fully saturated rings. The van der Waals surface area contributed by atoms with Crippen molar-refractivity contribution in [1.82, 2.24) is 0 Å². The van der Waals surface area contributed by atoms with E-state index in [-0.39, 0.29) is 5.69 Å². The van der Waals surface area contributed by atoms with E-state index in [1.807, 2.05) is 18.2 Å². The summed E-state index contributed by atoms with van der Waals surface area (Å²) in [6.45, 7) is 10.1. The number of ether oxygens (including phenoxy) is 1. The van der Waals surface area contributed by atoms with Crippen LogP contribution in [0.2, 0.25) is 0 Å². The number of quaternary nitrogens is 1. The fourth-order valence-electron chi connectivity index (χ4n) is 4.57. The lowest BCUT2D eigenvalue weighted by Gasteiger charge is -2.39. The molecule has 3 aromatic carbocycles. The van der Waals surface area contributed by atoms with Gasteiger partial charge in [0.25, 0.3) is 15.8 Å². The molecule has 218 valence electrons. The van der Waals surface area contributed by atoms with Crippen molar-refractivity contribution in [2.75, 3.05) is 26.2 Å². The first-order chi connectivity index (χ1) is 19.2. The Kier molecular flexibility index (Phi) is 14.4. The lowest BCUT2D eigenvalue weighted by molar-refractivity contribution is -0.941. The van der Waals surface area contributed by atoms with E-state index in [9.17, 15) is 18.5 Å². The van der Waals surface area contributed by atoms with Crippen molar-refractivity contribution >= 4 is 15.8 Å². The van der Waals surface area contributed by atoms with E-state index in [2.05, 4.69) is 56.3 Å². The number of para-hydroxylation sites is 1. The van der Waals surface area contributed by atoms with Crippen LogP contribution in [-0.4, -0.2) is 48.6 Å². The van der Waals surface area contributed by atoms with Gasteiger partial charge in [0.15, 0.2) is 0 Å². The second-order valence-electron chi connectivity index (χ2n) is 9.96. The van der Waals surface area contributed by atoms with Crippen LogP contribution >= 0.6 is 0 Å². The van der Waals surface area contributed by atoms with Crippen LogP contribution in [0.1, 0.15) is 57.9 Å². The fraction of sp³-hybridized carbons (Fsp3) is 0.419. The van der Waals surface area contributed by atoms with Gasteiger partial charge in [0.2, 0.25) is 0 Å². The number of nitro benzene ring substituents is 1. The zero-order valence-corrected chi connectivity index (χ0v) is 24.5. The van der Waals surface area contributed by atoms with Crippen LogP contribution in [0.15, 0.2) is 89.8 Å². The molecule has 0 saturated heterocycles. The van der Waals surface area contributed by atoms with E-state index in [0.29, 0.717) is 0 Å². The van der Waals surface area contributed by atoms with Crippen LogP contribution in [0.4, 0.5) is 5.69 Å². The van der Waals surface area contributed by atoms with Gasteiger partial charge in [-0.2, -0.15) is 8.42 Å². The molecule has 0 radical (unpaired) electrons. The van der Waals surface area contributed by atoms with Gasteiger partial charge >= 0.3 is 0 Å². The number of benzene rings is 3. The van der Waals surface area contributed by atoms with Crippen LogP contribution in [0.3, 0.4) is 0 Å². The first-order valence-electron chi connectivity index (χ1n) is 14.0. The van der Waals surface area contributed by atoms with Crippen molar-refractivity contribution in [3.8, 4) is 5.75 Å². The number of rotatable bonds is 16. The lowest BCUT2D eigenvalue weighted by Crippen LogP contribution is -2.51. The number of nitro groups is 1. The van der Waals surface area contributed by atoms with Crippen molar-refractivity contribution in [1.29, 1.82) is 0 Å². The molecule has 0 spiro atoms. The maximum absolute atomic E-state index is 10.5. The molecule has 40 heavy (non-hydrogen) atoms. The molecule has 0 aromatic heterocycles. The number of non-ortho nitro benzene ring substituents is 1. The molecule has 3 aromatic rings. The molecule has 1 N–H and O–H groups in total. The highest BCUT2D eigenvalue weighted by Gasteiger charge is 2.27. The Hall–Kier alpha value is -3.27. The number of unbranched alkanes of at least 4 members (excludes halogenated alkanes) is 4. The zero-order valence-electron chi connectivity index (χ0n) is 23.7. The van der Waals surface area contributed by atoms with E-state index in [1.165, 1.54) is 63.2 Å². The predicted molar refractivity (Wildman–Crippen MR) is 159 cm³/mol. The molecule has 0 aliphatic carbocycles. The van der Waals surface area contributed by atoms with Gasteiger partial charge in [-0.15, -0.1) is 0 Å². The SMILES string of the molecule is CCCCC[N+](CCCCC)(CCOc1ccccc1)Cc1ccccc1.O=[N+]([O-])c1cccc(S(=O)(=O)O)c1. The Morgan fingerprint density at radius 1 is 0.800 bits per heavy atom. The Bertz CT molecular complexity index is 1230. The summed E-state index contributed by atoms with van der Waals surface area (Å²) in [5.41, 5.74) is 1.07. The van der Waals surface area contributed by atoms with Gasteiger partial charge in [-0.3, -0.25) is 14.7 Å². The largest absolute Gasteiger partial charge is 0.488 e. The molecular weight excluding hydrogens is 528 g/mol. The monoisotopic (exact) mass is 571 g/mol. The summed E-state index contributed by atoms with van der Waals surface area (Å²) in [5.74, 6) is 0.984. The van der Waals surface area contributed by atoms with Crippen LogP contribution in [0.25, 0.3) is 0 Å². The Morgan fingerprint density at radius 3 is 1.90 bits per heavy atom. The fourth-order valence-corrected chi connectivity index (χ4v) is 5.09. The van der Waals surface area contributed by atoms with Gasteiger partial charge in [0, 0.05) is 17.7 Å². The highest BCUT2D eigenvalue weighted by atomic mass is 32.2. The lowest BCUT2D eigenvalue weighted by atomic mass is 10.1. The molecule has 0 aliphatic heterocycles. The maximum atomic E-state index is 10.5. The first kappa shape index (κ1) is 32.9. The third kappa shape index (κ3) is 12.3. The first-order valence-corrected chi connectivity index (χ1v) is 15.4. The van der Waals surface area contributed by atoms with Crippen LogP contribution in [0, 0.1) is 10.1 Å². The van der Waals surface area contributed by atoms with Gasteiger partial charge in [-0.05, 0) is 43.9 Å².